The zero-order valence-corrected chi connectivity index (χ0v) is 17.9. The fourth-order valence-corrected chi connectivity index (χ4v) is 3.79. The van der Waals surface area contributed by atoms with Crippen LogP contribution >= 0.6 is 11.3 Å². The van der Waals surface area contributed by atoms with Gasteiger partial charge in [0.1, 0.15) is 6.54 Å². The highest BCUT2D eigenvalue weighted by Gasteiger charge is 2.18. The molecule has 1 aromatic carbocycles. The molecule has 1 amide bonds. The number of carbonyl (C=O) groups is 2. The van der Waals surface area contributed by atoms with Gasteiger partial charge in [-0.15, -0.1) is 11.3 Å². The first-order chi connectivity index (χ1) is 14.3. The molecule has 30 heavy (non-hydrogen) atoms. The molecule has 2 heterocycles. The first-order valence-electron chi connectivity index (χ1n) is 9.27. The molecule has 9 heteroatoms. The van der Waals surface area contributed by atoms with E-state index in [0.717, 1.165) is 5.69 Å². The number of nitrogens with one attached hydrogen (secondary N) is 1. The molecule has 0 fully saturated rings. The summed E-state index contributed by atoms with van der Waals surface area (Å²) in [6, 6.07) is 6.27. The number of benzene rings is 1. The maximum atomic E-state index is 13.9. The summed E-state index contributed by atoms with van der Waals surface area (Å²) in [4.78, 5) is 28.9. The molecule has 0 radical (unpaired) electrons. The number of amides is 1. The molecular weight excluding hydrogens is 409 g/mol. The van der Waals surface area contributed by atoms with Crippen LogP contribution in [0.15, 0.2) is 29.6 Å². The van der Waals surface area contributed by atoms with Crippen LogP contribution in [0.5, 0.6) is 5.75 Å². The number of ether oxygens (including phenoxy) is 2. The van der Waals surface area contributed by atoms with Gasteiger partial charge in [-0.3, -0.25) is 4.79 Å². The van der Waals surface area contributed by atoms with E-state index in [1.807, 2.05) is 6.92 Å². The monoisotopic (exact) mass is 431 g/mol. The Morgan fingerprint density at radius 3 is 2.70 bits per heavy atom. The van der Waals surface area contributed by atoms with Gasteiger partial charge in [-0.25, -0.2) is 14.2 Å². The van der Waals surface area contributed by atoms with Gasteiger partial charge in [-0.1, -0.05) is 0 Å². The van der Waals surface area contributed by atoms with Gasteiger partial charge in [0.05, 0.1) is 25.0 Å². The summed E-state index contributed by atoms with van der Waals surface area (Å²) < 4.78 is 25.6. The van der Waals surface area contributed by atoms with Gasteiger partial charge in [0, 0.05) is 22.3 Å². The summed E-state index contributed by atoms with van der Waals surface area (Å²) >= 11 is 1.24. The molecule has 3 aromatic rings. The fourth-order valence-electron chi connectivity index (χ4n) is 3.05. The zero-order chi connectivity index (χ0) is 21.8. The van der Waals surface area contributed by atoms with Crippen molar-refractivity contribution in [1.82, 2.24) is 9.55 Å². The number of aryl methyl sites for hydroxylation is 1. The third-order valence-electron chi connectivity index (χ3n) is 4.57. The second kappa shape index (κ2) is 9.08. The van der Waals surface area contributed by atoms with Crippen molar-refractivity contribution in [3.8, 4) is 17.0 Å². The number of anilines is 1. The lowest BCUT2D eigenvalue weighted by molar-refractivity contribution is -0.116. The molecule has 0 aliphatic carbocycles. The SMILES string of the molecule is CCOC(=O)c1cc(C)n(CC(=O)Nc2nc(-c3ccc(OC)c(F)c3)cs2)c1C. The van der Waals surface area contributed by atoms with Crippen LogP contribution < -0.4 is 10.1 Å². The van der Waals surface area contributed by atoms with Gasteiger partial charge < -0.3 is 19.4 Å². The minimum absolute atomic E-state index is 0.0309. The number of methoxy groups -OCH3 is 1. The normalized spacial score (nSPS) is 10.7. The van der Waals surface area contributed by atoms with E-state index in [-0.39, 0.29) is 24.8 Å². The van der Waals surface area contributed by atoms with Crippen molar-refractivity contribution in [3.05, 3.63) is 52.4 Å². The lowest BCUT2D eigenvalue weighted by atomic mass is 10.1. The molecule has 0 saturated heterocycles. The van der Waals surface area contributed by atoms with Gasteiger partial charge >= 0.3 is 5.97 Å². The second-order valence-electron chi connectivity index (χ2n) is 6.53. The Balaban J connectivity index is 1.71. The van der Waals surface area contributed by atoms with Crippen LogP contribution in [-0.4, -0.2) is 35.1 Å². The van der Waals surface area contributed by atoms with Crippen molar-refractivity contribution >= 4 is 28.3 Å². The predicted octanol–water partition coefficient (Wildman–Crippen LogP) is 4.19. The summed E-state index contributed by atoms with van der Waals surface area (Å²) in [5.74, 6) is -1.02. The number of esters is 1. The molecule has 0 aliphatic heterocycles. The number of rotatable bonds is 7. The second-order valence-corrected chi connectivity index (χ2v) is 7.38. The van der Waals surface area contributed by atoms with E-state index >= 15 is 0 Å². The predicted molar refractivity (Wildman–Crippen MR) is 113 cm³/mol. The molecule has 0 bridgehead atoms. The topological polar surface area (TPSA) is 82.5 Å². The van der Waals surface area contributed by atoms with Gasteiger partial charge in [0.25, 0.3) is 0 Å². The number of nitrogens with zero attached hydrogens (tertiary/aromatic N) is 2. The average molecular weight is 431 g/mol. The van der Waals surface area contributed by atoms with E-state index in [1.54, 1.807) is 35.9 Å². The summed E-state index contributed by atoms with van der Waals surface area (Å²) in [5.41, 5.74) is 3.02. The molecule has 158 valence electrons. The maximum absolute atomic E-state index is 13.9. The molecule has 1 N–H and O–H groups in total. The van der Waals surface area contributed by atoms with Crippen LogP contribution in [0.4, 0.5) is 9.52 Å². The van der Waals surface area contributed by atoms with Crippen LogP contribution in [0, 0.1) is 19.7 Å². The number of aromatic nitrogens is 2. The van der Waals surface area contributed by atoms with Crippen molar-refractivity contribution in [3.63, 3.8) is 0 Å². The zero-order valence-electron chi connectivity index (χ0n) is 17.1. The minimum Gasteiger partial charge on any atom is -0.494 e. The van der Waals surface area contributed by atoms with E-state index in [9.17, 15) is 14.0 Å². The van der Waals surface area contributed by atoms with Gasteiger partial charge in [-0.2, -0.15) is 0 Å². The standard InChI is InChI=1S/C21H22FN3O4S/c1-5-29-20(27)15-8-12(2)25(13(15)3)10-19(26)24-21-23-17(11-30-21)14-6-7-18(28-4)16(22)9-14/h6-9,11H,5,10H2,1-4H3,(H,23,24,26). The summed E-state index contributed by atoms with van der Waals surface area (Å²) in [5, 5.41) is 4.89. The van der Waals surface area contributed by atoms with Crippen molar-refractivity contribution < 1.29 is 23.5 Å². The number of thiazole rings is 1. The number of carbonyl (C=O) groups excluding carboxylic acids is 2. The number of halogens is 1. The molecule has 0 unspecified atom stereocenters. The van der Waals surface area contributed by atoms with Crippen molar-refractivity contribution in [2.24, 2.45) is 0 Å². The minimum atomic E-state index is -0.482. The molecule has 0 aliphatic rings. The molecule has 7 nitrogen and oxygen atoms in total. The largest absolute Gasteiger partial charge is 0.494 e. The maximum Gasteiger partial charge on any atom is 0.339 e. The van der Waals surface area contributed by atoms with Crippen LogP contribution in [0.3, 0.4) is 0 Å². The Labute approximate surface area is 177 Å². The van der Waals surface area contributed by atoms with Crippen LogP contribution in [0.2, 0.25) is 0 Å². The van der Waals surface area contributed by atoms with E-state index in [4.69, 9.17) is 9.47 Å². The quantitative estimate of drug-likeness (QED) is 0.567. The van der Waals surface area contributed by atoms with Gasteiger partial charge in [0.2, 0.25) is 5.91 Å². The summed E-state index contributed by atoms with van der Waals surface area (Å²) in [6.45, 7) is 5.65. The number of hydrogen-bond acceptors (Lipinski definition) is 6. The molecule has 0 saturated carbocycles. The van der Waals surface area contributed by atoms with E-state index in [2.05, 4.69) is 10.3 Å². The van der Waals surface area contributed by atoms with Crippen molar-refractivity contribution in [2.45, 2.75) is 27.3 Å². The van der Waals surface area contributed by atoms with E-state index < -0.39 is 11.8 Å². The fraction of sp³-hybridized carbons (Fsp3) is 0.286. The first-order valence-corrected chi connectivity index (χ1v) is 10.1. The van der Waals surface area contributed by atoms with Crippen LogP contribution in [0.1, 0.15) is 28.7 Å². The Bertz CT molecular complexity index is 1090. The molecule has 2 aromatic heterocycles. The smallest absolute Gasteiger partial charge is 0.339 e. The Morgan fingerprint density at radius 2 is 2.03 bits per heavy atom. The van der Waals surface area contributed by atoms with Crippen molar-refractivity contribution in [2.75, 3.05) is 19.0 Å². The van der Waals surface area contributed by atoms with Crippen molar-refractivity contribution in [1.29, 1.82) is 0 Å². The van der Waals surface area contributed by atoms with Crippen LogP contribution in [0.25, 0.3) is 11.3 Å². The number of hydrogen-bond donors (Lipinski definition) is 1. The third kappa shape index (κ3) is 4.51. The molecule has 0 spiro atoms. The lowest BCUT2D eigenvalue weighted by Gasteiger charge is -2.09. The molecule has 0 atom stereocenters. The summed E-state index contributed by atoms with van der Waals surface area (Å²) in [6.07, 6.45) is 0. The highest BCUT2D eigenvalue weighted by Crippen LogP contribution is 2.28. The Hall–Kier alpha value is -3.20. The Kier molecular flexibility index (Phi) is 6.51. The average Bonchev–Trinajstić information content (AvgIpc) is 3.28. The first kappa shape index (κ1) is 21.5. The van der Waals surface area contributed by atoms with E-state index in [0.29, 0.717) is 27.6 Å². The Morgan fingerprint density at radius 1 is 1.27 bits per heavy atom. The summed E-state index contributed by atoms with van der Waals surface area (Å²) in [7, 11) is 1.40. The lowest BCUT2D eigenvalue weighted by Crippen LogP contribution is -2.20. The highest BCUT2D eigenvalue weighted by atomic mass is 32.1. The molecular formula is C21H22FN3O4S. The van der Waals surface area contributed by atoms with Crippen LogP contribution in [-0.2, 0) is 16.1 Å². The third-order valence-corrected chi connectivity index (χ3v) is 5.33. The van der Waals surface area contributed by atoms with Gasteiger partial charge in [-0.05, 0) is 45.0 Å². The molecule has 3 rings (SSSR count). The highest BCUT2D eigenvalue weighted by molar-refractivity contribution is 7.14. The van der Waals surface area contributed by atoms with E-state index in [1.165, 1.54) is 30.6 Å². The van der Waals surface area contributed by atoms with Gasteiger partial charge in [0.15, 0.2) is 16.7 Å².